The van der Waals surface area contributed by atoms with Crippen LogP contribution in [0.15, 0.2) is 60.7 Å². The molecule has 0 saturated carbocycles. The van der Waals surface area contributed by atoms with Crippen molar-refractivity contribution < 1.29 is 0 Å². The summed E-state index contributed by atoms with van der Waals surface area (Å²) in [7, 11) is 0. The van der Waals surface area contributed by atoms with E-state index >= 15 is 0 Å². The molecule has 2 aromatic heterocycles. The van der Waals surface area contributed by atoms with Crippen molar-refractivity contribution in [3.63, 3.8) is 0 Å². The molecule has 0 aliphatic heterocycles. The third-order valence-corrected chi connectivity index (χ3v) is 4.29. The number of anilines is 1. The Morgan fingerprint density at radius 3 is 2.42 bits per heavy atom. The molecule has 0 aliphatic carbocycles. The molecule has 0 aliphatic rings. The molecule has 4 rings (SSSR count). The molecule has 24 heavy (non-hydrogen) atoms. The highest BCUT2D eigenvalue weighted by atomic mass is 15.3. The van der Waals surface area contributed by atoms with Gasteiger partial charge in [0.2, 0.25) is 0 Å². The molecule has 0 fully saturated rings. The summed E-state index contributed by atoms with van der Waals surface area (Å²) in [6.07, 6.45) is 0. The molecule has 0 amide bonds. The Bertz CT molecular complexity index is 1030. The fraction of sp³-hybridized carbons (Fsp3) is 0.100. The Labute approximate surface area is 140 Å². The van der Waals surface area contributed by atoms with Crippen LogP contribution < -0.4 is 5.73 Å². The smallest absolute Gasteiger partial charge is 0.156 e. The molecule has 4 nitrogen and oxygen atoms in total. The van der Waals surface area contributed by atoms with Crippen molar-refractivity contribution in [1.29, 1.82) is 0 Å². The van der Waals surface area contributed by atoms with Gasteiger partial charge in [-0.2, -0.15) is 9.78 Å². The Morgan fingerprint density at radius 1 is 0.917 bits per heavy atom. The van der Waals surface area contributed by atoms with Gasteiger partial charge in [-0.25, -0.2) is 4.98 Å². The van der Waals surface area contributed by atoms with Gasteiger partial charge in [0.05, 0.1) is 11.2 Å². The molecule has 0 unspecified atom stereocenters. The average Bonchev–Trinajstić information content (AvgIpc) is 2.90. The molecule has 0 spiro atoms. The lowest BCUT2D eigenvalue weighted by molar-refractivity contribution is 0.845. The van der Waals surface area contributed by atoms with E-state index in [4.69, 9.17) is 10.7 Å². The Kier molecular flexibility index (Phi) is 3.31. The minimum absolute atomic E-state index is 0.612. The first-order valence-corrected chi connectivity index (χ1v) is 7.92. The van der Waals surface area contributed by atoms with Crippen LogP contribution in [-0.2, 0) is 0 Å². The molecule has 2 N–H and O–H groups in total. The first-order chi connectivity index (χ1) is 11.6. The van der Waals surface area contributed by atoms with Crippen LogP contribution in [0.25, 0.3) is 27.8 Å². The van der Waals surface area contributed by atoms with Crippen LogP contribution in [0.5, 0.6) is 0 Å². The van der Waals surface area contributed by atoms with Crippen molar-refractivity contribution in [2.24, 2.45) is 0 Å². The van der Waals surface area contributed by atoms with Gasteiger partial charge in [-0.15, -0.1) is 0 Å². The van der Waals surface area contributed by atoms with Gasteiger partial charge < -0.3 is 5.73 Å². The van der Waals surface area contributed by atoms with Crippen molar-refractivity contribution in [2.75, 3.05) is 5.73 Å². The zero-order chi connectivity index (χ0) is 16.7. The summed E-state index contributed by atoms with van der Waals surface area (Å²) in [5.41, 5.74) is 11.4. The lowest BCUT2D eigenvalue weighted by Crippen LogP contribution is -2.05. The number of nitrogen functional groups attached to an aromatic ring is 1. The number of rotatable bonds is 2. The van der Waals surface area contributed by atoms with Crippen LogP contribution >= 0.6 is 0 Å². The SMILES string of the molecule is Cc1nn(-c2cc(C)c3ccccc3n2)c(N)c1-c1ccccc1. The summed E-state index contributed by atoms with van der Waals surface area (Å²) >= 11 is 0. The number of para-hydroxylation sites is 1. The van der Waals surface area contributed by atoms with Crippen molar-refractivity contribution >= 4 is 16.7 Å². The second kappa shape index (κ2) is 5.49. The number of benzene rings is 2. The van der Waals surface area contributed by atoms with E-state index in [2.05, 4.69) is 18.1 Å². The van der Waals surface area contributed by atoms with Crippen molar-refractivity contribution in [2.45, 2.75) is 13.8 Å². The van der Waals surface area contributed by atoms with Crippen LogP contribution in [-0.4, -0.2) is 14.8 Å². The number of fused-ring (bicyclic) bond motifs is 1. The van der Waals surface area contributed by atoms with E-state index < -0.39 is 0 Å². The number of hydrogen-bond donors (Lipinski definition) is 1. The van der Waals surface area contributed by atoms with Crippen LogP contribution in [0, 0.1) is 13.8 Å². The first-order valence-electron chi connectivity index (χ1n) is 7.92. The molecule has 0 radical (unpaired) electrons. The lowest BCUT2D eigenvalue weighted by Gasteiger charge is -2.08. The number of aromatic nitrogens is 3. The Hall–Kier alpha value is -3.14. The maximum absolute atomic E-state index is 6.42. The molecule has 0 bridgehead atoms. The minimum atomic E-state index is 0.612. The molecule has 2 aromatic carbocycles. The summed E-state index contributed by atoms with van der Waals surface area (Å²) in [6.45, 7) is 4.06. The quantitative estimate of drug-likeness (QED) is 0.600. The number of nitrogens with zero attached hydrogens (tertiary/aromatic N) is 3. The molecular weight excluding hydrogens is 296 g/mol. The van der Waals surface area contributed by atoms with Gasteiger partial charge in [0.1, 0.15) is 5.82 Å². The van der Waals surface area contributed by atoms with E-state index in [0.29, 0.717) is 5.82 Å². The van der Waals surface area contributed by atoms with Crippen LogP contribution in [0.2, 0.25) is 0 Å². The minimum Gasteiger partial charge on any atom is -0.383 e. The fourth-order valence-corrected chi connectivity index (χ4v) is 3.12. The van der Waals surface area contributed by atoms with Gasteiger partial charge >= 0.3 is 0 Å². The Morgan fingerprint density at radius 2 is 1.62 bits per heavy atom. The predicted molar refractivity (Wildman–Crippen MR) is 98.2 cm³/mol. The normalized spacial score (nSPS) is 11.1. The summed E-state index contributed by atoms with van der Waals surface area (Å²) in [4.78, 5) is 4.74. The van der Waals surface area contributed by atoms with E-state index in [9.17, 15) is 0 Å². The lowest BCUT2D eigenvalue weighted by atomic mass is 10.1. The number of nitrogens with two attached hydrogens (primary N) is 1. The molecule has 2 heterocycles. The highest BCUT2D eigenvalue weighted by Crippen LogP contribution is 2.31. The standard InChI is InChI=1S/C20H18N4/c1-13-12-18(22-17-11-7-6-10-16(13)17)24-20(21)19(14(2)23-24)15-8-4-3-5-9-15/h3-12H,21H2,1-2H3. The van der Waals surface area contributed by atoms with E-state index in [1.807, 2.05) is 61.5 Å². The zero-order valence-corrected chi connectivity index (χ0v) is 13.7. The van der Waals surface area contributed by atoms with Gasteiger partial charge in [-0.1, -0.05) is 48.5 Å². The van der Waals surface area contributed by atoms with E-state index in [1.165, 1.54) is 0 Å². The second-order valence-electron chi connectivity index (χ2n) is 5.94. The second-order valence-corrected chi connectivity index (χ2v) is 5.94. The zero-order valence-electron chi connectivity index (χ0n) is 13.7. The highest BCUT2D eigenvalue weighted by Gasteiger charge is 2.16. The van der Waals surface area contributed by atoms with Crippen LogP contribution in [0.3, 0.4) is 0 Å². The maximum atomic E-state index is 6.42. The van der Waals surface area contributed by atoms with Gasteiger partial charge in [-0.3, -0.25) is 0 Å². The topological polar surface area (TPSA) is 56.7 Å². The average molecular weight is 314 g/mol. The van der Waals surface area contributed by atoms with Crippen molar-refractivity contribution in [3.05, 3.63) is 71.9 Å². The van der Waals surface area contributed by atoms with Gasteiger partial charge in [-0.05, 0) is 37.1 Å². The monoisotopic (exact) mass is 314 g/mol. The fourth-order valence-electron chi connectivity index (χ4n) is 3.12. The number of pyridine rings is 1. The molecule has 4 heteroatoms. The van der Waals surface area contributed by atoms with Gasteiger partial charge in [0.15, 0.2) is 5.82 Å². The largest absolute Gasteiger partial charge is 0.383 e. The third-order valence-electron chi connectivity index (χ3n) is 4.29. The molecule has 4 aromatic rings. The third kappa shape index (κ3) is 2.24. The summed E-state index contributed by atoms with van der Waals surface area (Å²) in [5.74, 6) is 1.36. The molecule has 118 valence electrons. The maximum Gasteiger partial charge on any atom is 0.156 e. The summed E-state index contributed by atoms with van der Waals surface area (Å²) in [5, 5.41) is 5.78. The van der Waals surface area contributed by atoms with E-state index in [1.54, 1.807) is 4.68 Å². The van der Waals surface area contributed by atoms with E-state index in [-0.39, 0.29) is 0 Å². The van der Waals surface area contributed by atoms with Gasteiger partial charge in [0.25, 0.3) is 0 Å². The number of aryl methyl sites for hydroxylation is 2. The molecule has 0 atom stereocenters. The summed E-state index contributed by atoms with van der Waals surface area (Å²) in [6, 6.07) is 20.2. The molecular formula is C20H18N4. The first kappa shape index (κ1) is 14.5. The van der Waals surface area contributed by atoms with Gasteiger partial charge in [0, 0.05) is 10.9 Å². The Balaban J connectivity index is 1.92. The molecule has 0 saturated heterocycles. The van der Waals surface area contributed by atoms with E-state index in [0.717, 1.165) is 39.1 Å². The highest BCUT2D eigenvalue weighted by molar-refractivity contribution is 5.83. The van der Waals surface area contributed by atoms with Crippen LogP contribution in [0.1, 0.15) is 11.3 Å². The number of hydrogen-bond acceptors (Lipinski definition) is 3. The predicted octanol–water partition coefficient (Wildman–Crippen LogP) is 4.29. The summed E-state index contributed by atoms with van der Waals surface area (Å²) < 4.78 is 1.73. The van der Waals surface area contributed by atoms with Crippen LogP contribution in [0.4, 0.5) is 5.82 Å². The van der Waals surface area contributed by atoms with Crippen molar-refractivity contribution in [1.82, 2.24) is 14.8 Å². The van der Waals surface area contributed by atoms with Crippen molar-refractivity contribution in [3.8, 4) is 16.9 Å².